The van der Waals surface area contributed by atoms with Gasteiger partial charge in [-0.2, -0.15) is 0 Å². The van der Waals surface area contributed by atoms with Crippen LogP contribution in [0.5, 0.6) is 0 Å². The van der Waals surface area contributed by atoms with Crippen LogP contribution in [0.15, 0.2) is 23.1 Å². The normalized spacial score (nSPS) is 20.7. The molecule has 0 atom stereocenters. The third-order valence-corrected chi connectivity index (χ3v) is 4.25. The van der Waals surface area contributed by atoms with Gasteiger partial charge in [-0.3, -0.25) is 4.79 Å². The summed E-state index contributed by atoms with van der Waals surface area (Å²) in [5.41, 5.74) is 0.962. The maximum atomic E-state index is 12.2. The first-order valence-corrected chi connectivity index (χ1v) is 7.01. The monoisotopic (exact) mass is 254 g/mol. The number of carbonyl (C=O) groups is 1. The number of Topliss-reactive ketones (excluding diaryl/α,β-unsaturated/α-hetero) is 1. The molecule has 86 valence electrons. The quantitative estimate of drug-likeness (QED) is 0.689. The molecule has 0 fully saturated rings. The zero-order chi connectivity index (χ0) is 11.4. The molecule has 0 unspecified atom stereocenters. The summed E-state index contributed by atoms with van der Waals surface area (Å²) in [4.78, 5) is 12.9. The number of thiophene rings is 1. The van der Waals surface area contributed by atoms with E-state index in [9.17, 15) is 4.79 Å². The highest BCUT2D eigenvalue weighted by atomic mass is 35.5. The molecule has 0 bridgehead atoms. The van der Waals surface area contributed by atoms with E-state index >= 15 is 0 Å². The second kappa shape index (κ2) is 5.65. The molecule has 2 rings (SSSR count). The van der Waals surface area contributed by atoms with Crippen molar-refractivity contribution in [2.24, 2.45) is 0 Å². The maximum absolute atomic E-state index is 12.2. The Morgan fingerprint density at radius 1 is 1.25 bits per heavy atom. The topological polar surface area (TPSA) is 17.1 Å². The average Bonchev–Trinajstić information content (AvgIpc) is 2.63. The third kappa shape index (κ3) is 2.74. The lowest BCUT2D eigenvalue weighted by Crippen LogP contribution is -2.03. The highest BCUT2D eigenvalue weighted by Crippen LogP contribution is 2.28. The second-order valence-corrected chi connectivity index (χ2v) is 5.43. The fourth-order valence-electron chi connectivity index (χ4n) is 2.00. The summed E-state index contributed by atoms with van der Waals surface area (Å²) in [6.07, 6.45) is 8.91. The van der Waals surface area contributed by atoms with Crippen molar-refractivity contribution in [2.45, 2.75) is 38.5 Å². The van der Waals surface area contributed by atoms with Gasteiger partial charge in [0.2, 0.25) is 0 Å². The second-order valence-electron chi connectivity index (χ2n) is 4.11. The number of hydrogen-bond donors (Lipinski definition) is 0. The summed E-state index contributed by atoms with van der Waals surface area (Å²) in [7, 11) is 0. The van der Waals surface area contributed by atoms with Crippen molar-refractivity contribution < 1.29 is 4.79 Å². The van der Waals surface area contributed by atoms with Gasteiger partial charge in [0.15, 0.2) is 5.78 Å². The first-order chi connectivity index (χ1) is 7.79. The van der Waals surface area contributed by atoms with E-state index in [0.29, 0.717) is 9.90 Å². The minimum absolute atomic E-state index is 0.141. The molecule has 1 aromatic rings. The molecule has 1 aromatic heterocycles. The van der Waals surface area contributed by atoms with Gasteiger partial charge in [0, 0.05) is 0 Å². The summed E-state index contributed by atoms with van der Waals surface area (Å²) in [5.74, 6) is 0.141. The molecule has 0 radical (unpaired) electrons. The molecule has 0 aromatic carbocycles. The zero-order valence-corrected chi connectivity index (χ0v) is 10.7. The van der Waals surface area contributed by atoms with Crippen LogP contribution in [0.1, 0.15) is 48.2 Å². The van der Waals surface area contributed by atoms with Crippen molar-refractivity contribution in [3.05, 3.63) is 33.0 Å². The minimum Gasteiger partial charge on any atom is -0.288 e. The Hall–Kier alpha value is -0.600. The molecule has 16 heavy (non-hydrogen) atoms. The molecular formula is C13H15ClOS. The van der Waals surface area contributed by atoms with E-state index < -0.39 is 0 Å². The van der Waals surface area contributed by atoms with E-state index in [1.807, 2.05) is 5.38 Å². The lowest BCUT2D eigenvalue weighted by molar-refractivity contribution is 0.103. The van der Waals surface area contributed by atoms with Crippen molar-refractivity contribution >= 4 is 28.7 Å². The van der Waals surface area contributed by atoms with Gasteiger partial charge in [-0.05, 0) is 42.7 Å². The molecule has 1 nitrogen and oxygen atoms in total. The fraction of sp³-hybridized carbons (Fsp3) is 0.462. The molecular weight excluding hydrogens is 240 g/mol. The molecule has 0 saturated carbocycles. The van der Waals surface area contributed by atoms with Crippen LogP contribution in [-0.2, 0) is 0 Å². The predicted octanol–water partition coefficient (Wildman–Crippen LogP) is 4.86. The largest absolute Gasteiger partial charge is 0.288 e. The minimum atomic E-state index is 0.141. The SMILES string of the molecule is O=C(/C1=C/CCCCCC1)c1sccc1Cl. The lowest BCUT2D eigenvalue weighted by atomic mass is 9.97. The molecule has 0 saturated heterocycles. The molecule has 0 aliphatic heterocycles. The van der Waals surface area contributed by atoms with Crippen LogP contribution in [0.25, 0.3) is 0 Å². The van der Waals surface area contributed by atoms with Gasteiger partial charge in [-0.25, -0.2) is 0 Å². The van der Waals surface area contributed by atoms with Crippen LogP contribution in [0.4, 0.5) is 0 Å². The average molecular weight is 255 g/mol. The predicted molar refractivity (Wildman–Crippen MR) is 69.4 cm³/mol. The van der Waals surface area contributed by atoms with Gasteiger partial charge in [-0.15, -0.1) is 11.3 Å². The van der Waals surface area contributed by atoms with E-state index in [0.717, 1.165) is 24.8 Å². The lowest BCUT2D eigenvalue weighted by Gasteiger charge is -2.09. The van der Waals surface area contributed by atoms with Gasteiger partial charge >= 0.3 is 0 Å². The standard InChI is InChI=1S/C13H15ClOS/c14-11-8-9-16-13(11)12(15)10-6-4-2-1-3-5-7-10/h6,8-9H,1-5,7H2/b10-6+. The first kappa shape index (κ1) is 11.9. The van der Waals surface area contributed by atoms with Crippen LogP contribution in [0.2, 0.25) is 5.02 Å². The van der Waals surface area contributed by atoms with Crippen LogP contribution < -0.4 is 0 Å². The Bertz CT molecular complexity index is 406. The summed E-state index contributed by atoms with van der Waals surface area (Å²) >= 11 is 7.43. The Kier molecular flexibility index (Phi) is 4.19. The van der Waals surface area contributed by atoms with E-state index in [-0.39, 0.29) is 5.78 Å². The third-order valence-electron chi connectivity index (χ3n) is 2.91. The number of ketones is 1. The molecule has 0 amide bonds. The Morgan fingerprint density at radius 3 is 2.81 bits per heavy atom. The van der Waals surface area contributed by atoms with Gasteiger partial charge in [0.1, 0.15) is 0 Å². The van der Waals surface area contributed by atoms with E-state index in [1.54, 1.807) is 6.07 Å². The Labute approximate surface area is 105 Å². The summed E-state index contributed by atoms with van der Waals surface area (Å²) < 4.78 is 0. The highest BCUT2D eigenvalue weighted by Gasteiger charge is 2.16. The summed E-state index contributed by atoms with van der Waals surface area (Å²) in [5, 5.41) is 2.47. The summed E-state index contributed by atoms with van der Waals surface area (Å²) in [6, 6.07) is 1.79. The Balaban J connectivity index is 2.17. The molecule has 0 N–H and O–H groups in total. The number of allylic oxidation sites excluding steroid dienone is 2. The summed E-state index contributed by atoms with van der Waals surface area (Å²) in [6.45, 7) is 0. The van der Waals surface area contributed by atoms with E-state index in [4.69, 9.17) is 11.6 Å². The van der Waals surface area contributed by atoms with E-state index in [1.165, 1.54) is 30.6 Å². The maximum Gasteiger partial charge on any atom is 0.200 e. The first-order valence-electron chi connectivity index (χ1n) is 5.76. The molecule has 1 aliphatic rings. The van der Waals surface area contributed by atoms with Gasteiger partial charge in [0.05, 0.1) is 9.90 Å². The molecule has 3 heteroatoms. The molecule has 1 heterocycles. The fourth-order valence-corrected chi connectivity index (χ4v) is 3.12. The van der Waals surface area contributed by atoms with Crippen LogP contribution in [-0.4, -0.2) is 5.78 Å². The number of carbonyl (C=O) groups excluding carboxylic acids is 1. The van der Waals surface area contributed by atoms with Crippen molar-refractivity contribution in [1.29, 1.82) is 0 Å². The van der Waals surface area contributed by atoms with Gasteiger partial charge in [0.25, 0.3) is 0 Å². The molecule has 0 spiro atoms. The number of rotatable bonds is 2. The van der Waals surface area contributed by atoms with Gasteiger partial charge < -0.3 is 0 Å². The Morgan fingerprint density at radius 2 is 2.06 bits per heavy atom. The van der Waals surface area contributed by atoms with Crippen molar-refractivity contribution in [3.8, 4) is 0 Å². The van der Waals surface area contributed by atoms with Crippen LogP contribution in [0, 0.1) is 0 Å². The van der Waals surface area contributed by atoms with Crippen molar-refractivity contribution in [3.63, 3.8) is 0 Å². The molecule has 1 aliphatic carbocycles. The smallest absolute Gasteiger partial charge is 0.200 e. The number of halogens is 1. The van der Waals surface area contributed by atoms with Crippen molar-refractivity contribution in [1.82, 2.24) is 0 Å². The van der Waals surface area contributed by atoms with Crippen LogP contribution >= 0.6 is 22.9 Å². The zero-order valence-electron chi connectivity index (χ0n) is 9.17. The van der Waals surface area contributed by atoms with Crippen molar-refractivity contribution in [2.75, 3.05) is 0 Å². The van der Waals surface area contributed by atoms with Gasteiger partial charge in [-0.1, -0.05) is 30.5 Å². The highest BCUT2D eigenvalue weighted by molar-refractivity contribution is 7.13. The van der Waals surface area contributed by atoms with Crippen LogP contribution in [0.3, 0.4) is 0 Å². The number of hydrogen-bond acceptors (Lipinski definition) is 2. The van der Waals surface area contributed by atoms with E-state index in [2.05, 4.69) is 6.08 Å².